The van der Waals surface area contributed by atoms with Crippen LogP contribution in [0.5, 0.6) is 0 Å². The van der Waals surface area contributed by atoms with E-state index < -0.39 is 58.7 Å². The molecule has 3 heterocycles. The molecule has 1 aliphatic heterocycles. The number of alkyl halides is 2. The van der Waals surface area contributed by atoms with Gasteiger partial charge in [-0.25, -0.2) is 23.1 Å². The standard InChI is InChI=1S/C11H16ClFN5O13P3/c1-10(12)7(20)11(13,2-28-33(24,25)31-34(26,27)30-32(21,22)23)29-8(10)18-3-15-4-5(18)16-9(14)17-6(4)19/h3,7-8,20H,2H2,1H3,(H,24,25)(H,26,27)(H2,21,22,23)(H3,14,16,17,19)/t7-,8+,10+,11+/m0/s1. The highest BCUT2D eigenvalue weighted by atomic mass is 35.5. The Morgan fingerprint density at radius 1 is 1.29 bits per heavy atom. The number of nitrogens with one attached hydrogen (secondary N) is 1. The average Bonchev–Trinajstić information content (AvgIpc) is 3.11. The number of nitrogen functional groups attached to an aromatic ring is 1. The first kappa shape index (κ1) is 27.3. The largest absolute Gasteiger partial charge is 0.490 e. The minimum absolute atomic E-state index is 0.220. The van der Waals surface area contributed by atoms with Crippen LogP contribution in [0.3, 0.4) is 0 Å². The van der Waals surface area contributed by atoms with E-state index >= 15 is 4.39 Å². The van der Waals surface area contributed by atoms with Gasteiger partial charge in [-0.1, -0.05) is 0 Å². The second kappa shape index (κ2) is 8.67. The number of hydrogen-bond acceptors (Lipinski definition) is 12. The number of imidazole rings is 1. The Hall–Kier alpha value is -1.30. The van der Waals surface area contributed by atoms with Gasteiger partial charge in [0, 0.05) is 0 Å². The summed E-state index contributed by atoms with van der Waals surface area (Å²) < 4.78 is 66.6. The molecular formula is C11H16ClFN5O13P3. The maximum atomic E-state index is 15.4. The quantitative estimate of drug-likeness (QED) is 0.156. The molecule has 3 rings (SSSR count). The van der Waals surface area contributed by atoms with E-state index in [4.69, 9.17) is 36.8 Å². The van der Waals surface area contributed by atoms with Crippen LogP contribution in [0.4, 0.5) is 10.3 Å². The molecule has 34 heavy (non-hydrogen) atoms. The number of aromatic nitrogens is 4. The van der Waals surface area contributed by atoms with Crippen LogP contribution in [0, 0.1) is 0 Å². The van der Waals surface area contributed by atoms with Gasteiger partial charge in [-0.05, 0) is 6.92 Å². The summed E-state index contributed by atoms with van der Waals surface area (Å²) in [5.41, 5.74) is 4.26. The van der Waals surface area contributed by atoms with Crippen molar-refractivity contribution in [2.24, 2.45) is 0 Å². The Morgan fingerprint density at radius 2 is 1.91 bits per heavy atom. The Morgan fingerprint density at radius 3 is 2.50 bits per heavy atom. The zero-order chi connectivity index (χ0) is 25.9. The molecule has 2 unspecified atom stereocenters. The Balaban J connectivity index is 1.84. The summed E-state index contributed by atoms with van der Waals surface area (Å²) in [6.07, 6.45) is -3.01. The molecule has 1 saturated heterocycles. The summed E-state index contributed by atoms with van der Waals surface area (Å²) in [7, 11) is -17.3. The Bertz CT molecular complexity index is 1310. The molecule has 0 bridgehead atoms. The van der Waals surface area contributed by atoms with Crippen LogP contribution in [0.25, 0.3) is 11.2 Å². The number of anilines is 1. The molecule has 1 aliphatic rings. The molecule has 18 nitrogen and oxygen atoms in total. The number of nitrogens with zero attached hydrogens (tertiary/aromatic N) is 3. The van der Waals surface area contributed by atoms with Crippen LogP contribution in [0.1, 0.15) is 13.2 Å². The van der Waals surface area contributed by atoms with Gasteiger partial charge < -0.3 is 35.2 Å². The third kappa shape index (κ3) is 5.57. The number of aliphatic hydroxyl groups is 1. The molecule has 0 aromatic carbocycles. The number of nitrogens with two attached hydrogens (primary N) is 1. The maximum Gasteiger partial charge on any atom is 0.490 e. The summed E-state index contributed by atoms with van der Waals surface area (Å²) in [5.74, 6) is -3.72. The number of aromatic amines is 1. The Labute approximate surface area is 191 Å². The molecule has 0 spiro atoms. The van der Waals surface area contributed by atoms with Crippen molar-refractivity contribution in [3.8, 4) is 0 Å². The zero-order valence-corrected chi connectivity index (χ0v) is 19.9. The summed E-state index contributed by atoms with van der Waals surface area (Å²) in [6.45, 7) is -0.558. The normalized spacial score (nSPS) is 31.4. The van der Waals surface area contributed by atoms with Crippen molar-refractivity contribution in [3.05, 3.63) is 16.7 Å². The van der Waals surface area contributed by atoms with Gasteiger partial charge in [0.15, 0.2) is 17.4 Å². The van der Waals surface area contributed by atoms with E-state index in [-0.39, 0.29) is 17.1 Å². The lowest BCUT2D eigenvalue weighted by atomic mass is 10.00. The number of phosphoric ester groups is 1. The lowest BCUT2D eigenvalue weighted by Gasteiger charge is -2.27. The Kier molecular flexibility index (Phi) is 6.96. The first-order chi connectivity index (χ1) is 15.3. The molecule has 0 radical (unpaired) electrons. The van der Waals surface area contributed by atoms with Crippen molar-refractivity contribution >= 4 is 52.2 Å². The van der Waals surface area contributed by atoms with Gasteiger partial charge in [0.05, 0.1) is 6.33 Å². The third-order valence-corrected chi connectivity index (χ3v) is 8.45. The van der Waals surface area contributed by atoms with Crippen LogP contribution in [-0.2, 0) is 31.6 Å². The van der Waals surface area contributed by atoms with Gasteiger partial charge in [-0.2, -0.15) is 13.6 Å². The van der Waals surface area contributed by atoms with Crippen LogP contribution < -0.4 is 11.3 Å². The number of aliphatic hydroxyl groups excluding tert-OH is 1. The molecule has 192 valence electrons. The number of fused-ring (bicyclic) bond motifs is 1. The summed E-state index contributed by atoms with van der Waals surface area (Å²) in [6, 6.07) is 0. The fraction of sp³-hybridized carbons (Fsp3) is 0.545. The second-order valence-corrected chi connectivity index (χ2v) is 12.2. The minimum atomic E-state index is -5.87. The summed E-state index contributed by atoms with van der Waals surface area (Å²) >= 11 is 6.25. The lowest BCUT2D eigenvalue weighted by molar-refractivity contribution is -0.203. The highest BCUT2D eigenvalue weighted by Crippen LogP contribution is 2.66. The van der Waals surface area contributed by atoms with Gasteiger partial charge in [0.25, 0.3) is 11.4 Å². The van der Waals surface area contributed by atoms with Crippen molar-refractivity contribution < 1.29 is 60.6 Å². The van der Waals surface area contributed by atoms with Crippen molar-refractivity contribution in [1.29, 1.82) is 0 Å². The molecule has 2 aromatic heterocycles. The lowest BCUT2D eigenvalue weighted by Crippen LogP contribution is -2.46. The number of hydrogen-bond donors (Lipinski definition) is 7. The monoisotopic (exact) mass is 573 g/mol. The summed E-state index contributed by atoms with van der Waals surface area (Å²) in [4.78, 5) is 55.4. The van der Waals surface area contributed by atoms with E-state index in [0.29, 0.717) is 0 Å². The van der Waals surface area contributed by atoms with E-state index in [2.05, 4.69) is 28.1 Å². The first-order valence-corrected chi connectivity index (χ1v) is 13.4. The summed E-state index contributed by atoms with van der Waals surface area (Å²) in [5, 5.41) is 10.4. The molecule has 6 atom stereocenters. The molecule has 0 saturated carbocycles. The van der Waals surface area contributed by atoms with Gasteiger partial charge in [-0.15, -0.1) is 11.6 Å². The van der Waals surface area contributed by atoms with Crippen LogP contribution in [-0.4, -0.2) is 67.6 Å². The molecule has 2 aromatic rings. The van der Waals surface area contributed by atoms with Gasteiger partial charge in [0.1, 0.15) is 17.6 Å². The maximum absolute atomic E-state index is 15.4. The highest BCUT2D eigenvalue weighted by molar-refractivity contribution is 7.66. The molecule has 0 aliphatic carbocycles. The van der Waals surface area contributed by atoms with Gasteiger partial charge in [-0.3, -0.25) is 18.9 Å². The number of rotatable bonds is 8. The van der Waals surface area contributed by atoms with Gasteiger partial charge in [0.2, 0.25) is 5.95 Å². The molecule has 0 amide bonds. The van der Waals surface area contributed by atoms with Crippen molar-refractivity contribution in [2.45, 2.75) is 30.0 Å². The smallest absolute Gasteiger partial charge is 0.385 e. The first-order valence-electron chi connectivity index (χ1n) is 8.51. The van der Waals surface area contributed by atoms with E-state index in [1.54, 1.807) is 0 Å². The average molecular weight is 574 g/mol. The number of phosphoric acid groups is 3. The highest BCUT2D eigenvalue weighted by Gasteiger charge is 2.64. The van der Waals surface area contributed by atoms with Crippen LogP contribution >= 0.6 is 35.1 Å². The van der Waals surface area contributed by atoms with Crippen LogP contribution in [0.15, 0.2) is 11.1 Å². The molecular weight excluding hydrogens is 558 g/mol. The van der Waals surface area contributed by atoms with E-state index in [9.17, 15) is 28.5 Å². The fourth-order valence-electron chi connectivity index (χ4n) is 2.95. The van der Waals surface area contributed by atoms with E-state index in [1.165, 1.54) is 0 Å². The molecule has 1 fully saturated rings. The van der Waals surface area contributed by atoms with E-state index in [0.717, 1.165) is 17.8 Å². The van der Waals surface area contributed by atoms with Crippen molar-refractivity contribution in [3.63, 3.8) is 0 Å². The molecule has 8 N–H and O–H groups in total. The molecule has 23 heteroatoms. The van der Waals surface area contributed by atoms with Crippen molar-refractivity contribution in [1.82, 2.24) is 19.5 Å². The number of ether oxygens (including phenoxy) is 1. The van der Waals surface area contributed by atoms with E-state index in [1.807, 2.05) is 0 Å². The topological polar surface area (TPSA) is 279 Å². The second-order valence-electron chi connectivity index (χ2n) is 6.95. The van der Waals surface area contributed by atoms with Crippen molar-refractivity contribution in [2.75, 3.05) is 12.3 Å². The fourth-order valence-corrected chi connectivity index (χ4v) is 6.30. The number of H-pyrrole nitrogens is 1. The van der Waals surface area contributed by atoms with Gasteiger partial charge >= 0.3 is 23.5 Å². The predicted molar refractivity (Wildman–Crippen MR) is 107 cm³/mol. The SMILES string of the molecule is C[C@]1(Cl)[C@H](n2cnc3c(=O)[nH]c(N)nc32)O[C@](F)(COP(=O)(O)OP(=O)(O)OP(=O)(O)O)[C@H]1O. The minimum Gasteiger partial charge on any atom is -0.385 e. The van der Waals surface area contributed by atoms with Crippen LogP contribution in [0.2, 0.25) is 0 Å². The third-order valence-electron chi connectivity index (χ3n) is 4.28. The zero-order valence-electron chi connectivity index (χ0n) is 16.5. The number of halogens is 2. The predicted octanol–water partition coefficient (Wildman–Crippen LogP) is -0.402.